The van der Waals surface area contributed by atoms with Gasteiger partial charge in [-0.1, -0.05) is 0 Å². The molecule has 0 bridgehead atoms. The summed E-state index contributed by atoms with van der Waals surface area (Å²) in [6.45, 7) is 2.40. The standard InChI is InChI=1S/C9H20N4O3S/c1-17(15,16)13-4-2-12(3-5-13)8(7-10)6-9(11)14/h8H,2-7,10H2,1H3,(H2,11,14). The molecule has 1 fully saturated rings. The van der Waals surface area contributed by atoms with Gasteiger partial charge in [0.2, 0.25) is 15.9 Å². The molecule has 0 aromatic rings. The van der Waals surface area contributed by atoms with Gasteiger partial charge in [0.05, 0.1) is 6.26 Å². The lowest BCUT2D eigenvalue weighted by Crippen LogP contribution is -2.54. The Balaban J connectivity index is 2.53. The Hall–Kier alpha value is -0.700. The smallest absolute Gasteiger partial charge is 0.219 e. The van der Waals surface area contributed by atoms with Crippen molar-refractivity contribution in [3.63, 3.8) is 0 Å². The van der Waals surface area contributed by atoms with Crippen LogP contribution in [0.2, 0.25) is 0 Å². The van der Waals surface area contributed by atoms with E-state index in [2.05, 4.69) is 0 Å². The largest absolute Gasteiger partial charge is 0.370 e. The van der Waals surface area contributed by atoms with Crippen LogP contribution in [0, 0.1) is 0 Å². The molecule has 1 rings (SSSR count). The van der Waals surface area contributed by atoms with Gasteiger partial charge in [-0.05, 0) is 0 Å². The zero-order chi connectivity index (χ0) is 13.1. The molecule has 0 aromatic heterocycles. The van der Waals surface area contributed by atoms with Crippen molar-refractivity contribution in [2.45, 2.75) is 12.5 Å². The average Bonchev–Trinajstić information content (AvgIpc) is 2.24. The minimum absolute atomic E-state index is 0.0887. The van der Waals surface area contributed by atoms with Crippen molar-refractivity contribution in [3.8, 4) is 0 Å². The predicted octanol–water partition coefficient (Wildman–Crippen LogP) is -2.23. The van der Waals surface area contributed by atoms with Crippen molar-refractivity contribution in [1.29, 1.82) is 0 Å². The van der Waals surface area contributed by atoms with Crippen molar-refractivity contribution < 1.29 is 13.2 Å². The molecule has 4 N–H and O–H groups in total. The number of carbonyl (C=O) groups is 1. The fourth-order valence-electron chi connectivity index (χ4n) is 1.99. The first kappa shape index (κ1) is 14.4. The van der Waals surface area contributed by atoms with Crippen LogP contribution in [0.4, 0.5) is 0 Å². The van der Waals surface area contributed by atoms with Gasteiger partial charge in [0.15, 0.2) is 0 Å². The highest BCUT2D eigenvalue weighted by atomic mass is 32.2. The summed E-state index contributed by atoms with van der Waals surface area (Å²) < 4.78 is 24.1. The van der Waals surface area contributed by atoms with Crippen molar-refractivity contribution in [2.75, 3.05) is 39.0 Å². The van der Waals surface area contributed by atoms with E-state index in [1.807, 2.05) is 4.90 Å². The quantitative estimate of drug-likeness (QED) is 0.584. The van der Waals surface area contributed by atoms with Gasteiger partial charge in [0.1, 0.15) is 0 Å². The first-order chi connectivity index (χ1) is 7.84. The number of hydrogen-bond acceptors (Lipinski definition) is 5. The third-order valence-electron chi connectivity index (χ3n) is 2.97. The summed E-state index contributed by atoms with van der Waals surface area (Å²) in [7, 11) is -3.12. The second-order valence-electron chi connectivity index (χ2n) is 4.26. The lowest BCUT2D eigenvalue weighted by atomic mass is 10.1. The maximum atomic E-state index is 11.3. The Kier molecular flexibility index (Phi) is 4.87. The van der Waals surface area contributed by atoms with Gasteiger partial charge in [0.25, 0.3) is 0 Å². The lowest BCUT2D eigenvalue weighted by Gasteiger charge is -2.37. The maximum Gasteiger partial charge on any atom is 0.219 e. The van der Waals surface area contributed by atoms with Crippen LogP contribution in [-0.4, -0.2) is 68.6 Å². The molecular formula is C9H20N4O3S. The monoisotopic (exact) mass is 264 g/mol. The Morgan fingerprint density at radius 1 is 1.29 bits per heavy atom. The summed E-state index contributed by atoms with van der Waals surface area (Å²) >= 11 is 0. The second kappa shape index (κ2) is 5.76. The molecule has 1 aliphatic heterocycles. The Morgan fingerprint density at radius 3 is 2.18 bits per heavy atom. The average molecular weight is 264 g/mol. The summed E-state index contributed by atoms with van der Waals surface area (Å²) in [6.07, 6.45) is 1.42. The van der Waals surface area contributed by atoms with Gasteiger partial charge in [-0.15, -0.1) is 0 Å². The molecule has 1 aliphatic rings. The summed E-state index contributed by atoms with van der Waals surface area (Å²) in [4.78, 5) is 12.9. The second-order valence-corrected chi connectivity index (χ2v) is 6.24. The molecule has 17 heavy (non-hydrogen) atoms. The summed E-state index contributed by atoms with van der Waals surface area (Å²) in [6, 6.07) is -0.0887. The molecule has 1 heterocycles. The van der Waals surface area contributed by atoms with Crippen LogP contribution < -0.4 is 11.5 Å². The molecule has 8 heteroatoms. The maximum absolute atomic E-state index is 11.3. The lowest BCUT2D eigenvalue weighted by molar-refractivity contribution is -0.119. The molecule has 1 amide bonds. The van der Waals surface area contributed by atoms with E-state index in [1.165, 1.54) is 10.6 Å². The van der Waals surface area contributed by atoms with Crippen LogP contribution in [0.1, 0.15) is 6.42 Å². The highest BCUT2D eigenvalue weighted by molar-refractivity contribution is 7.88. The normalized spacial score (nSPS) is 21.3. The number of piperazine rings is 1. The van der Waals surface area contributed by atoms with Gasteiger partial charge in [-0.25, -0.2) is 8.42 Å². The Morgan fingerprint density at radius 2 is 1.82 bits per heavy atom. The molecule has 0 aliphatic carbocycles. The number of carbonyl (C=O) groups excluding carboxylic acids is 1. The molecule has 0 spiro atoms. The van der Waals surface area contributed by atoms with Gasteiger partial charge >= 0.3 is 0 Å². The van der Waals surface area contributed by atoms with Crippen molar-refractivity contribution in [3.05, 3.63) is 0 Å². The fraction of sp³-hybridized carbons (Fsp3) is 0.889. The highest BCUT2D eigenvalue weighted by Gasteiger charge is 2.27. The summed E-state index contributed by atoms with van der Waals surface area (Å²) in [5, 5.41) is 0. The molecule has 100 valence electrons. The Labute approximate surface area is 102 Å². The van der Waals surface area contributed by atoms with E-state index in [-0.39, 0.29) is 18.4 Å². The van der Waals surface area contributed by atoms with E-state index in [4.69, 9.17) is 11.5 Å². The van der Waals surface area contributed by atoms with E-state index >= 15 is 0 Å². The van der Waals surface area contributed by atoms with E-state index in [9.17, 15) is 13.2 Å². The van der Waals surface area contributed by atoms with E-state index in [0.717, 1.165) is 0 Å². The van der Waals surface area contributed by atoms with E-state index in [0.29, 0.717) is 32.7 Å². The molecule has 1 unspecified atom stereocenters. The first-order valence-corrected chi connectivity index (χ1v) is 7.37. The van der Waals surface area contributed by atoms with Crippen LogP contribution in [0.5, 0.6) is 0 Å². The van der Waals surface area contributed by atoms with Gasteiger partial charge in [0, 0.05) is 45.2 Å². The first-order valence-electron chi connectivity index (χ1n) is 5.52. The van der Waals surface area contributed by atoms with Crippen LogP contribution >= 0.6 is 0 Å². The summed E-state index contributed by atoms with van der Waals surface area (Å²) in [5.41, 5.74) is 10.7. The van der Waals surface area contributed by atoms with Crippen molar-refractivity contribution >= 4 is 15.9 Å². The molecule has 1 saturated heterocycles. The minimum Gasteiger partial charge on any atom is -0.370 e. The highest BCUT2D eigenvalue weighted by Crippen LogP contribution is 2.10. The topological polar surface area (TPSA) is 110 Å². The molecule has 0 aromatic carbocycles. The number of nitrogens with zero attached hydrogens (tertiary/aromatic N) is 2. The summed E-state index contributed by atoms with van der Waals surface area (Å²) in [5.74, 6) is -0.383. The SMILES string of the molecule is CS(=O)(=O)N1CCN(C(CN)CC(N)=O)CC1. The van der Waals surface area contributed by atoms with Crippen LogP contribution in [-0.2, 0) is 14.8 Å². The zero-order valence-electron chi connectivity index (χ0n) is 10.0. The third kappa shape index (κ3) is 4.23. The number of hydrogen-bond donors (Lipinski definition) is 2. The van der Waals surface area contributed by atoms with E-state index < -0.39 is 10.0 Å². The van der Waals surface area contributed by atoms with Crippen molar-refractivity contribution in [2.24, 2.45) is 11.5 Å². The van der Waals surface area contributed by atoms with Crippen molar-refractivity contribution in [1.82, 2.24) is 9.21 Å². The van der Waals surface area contributed by atoms with Crippen LogP contribution in [0.3, 0.4) is 0 Å². The molecule has 7 nitrogen and oxygen atoms in total. The zero-order valence-corrected chi connectivity index (χ0v) is 10.8. The fourth-order valence-corrected chi connectivity index (χ4v) is 2.82. The van der Waals surface area contributed by atoms with Crippen LogP contribution in [0.15, 0.2) is 0 Å². The molecule has 1 atom stereocenters. The van der Waals surface area contributed by atoms with Gasteiger partial charge in [-0.2, -0.15) is 4.31 Å². The van der Waals surface area contributed by atoms with Gasteiger partial charge in [-0.3, -0.25) is 9.69 Å². The number of rotatable bonds is 5. The Bertz CT molecular complexity index is 362. The predicted molar refractivity (Wildman–Crippen MR) is 64.6 cm³/mol. The number of nitrogens with two attached hydrogens (primary N) is 2. The molecular weight excluding hydrogens is 244 g/mol. The number of sulfonamides is 1. The van der Waals surface area contributed by atoms with E-state index in [1.54, 1.807) is 0 Å². The van der Waals surface area contributed by atoms with Crippen LogP contribution in [0.25, 0.3) is 0 Å². The molecule has 0 saturated carbocycles. The third-order valence-corrected chi connectivity index (χ3v) is 4.27. The minimum atomic E-state index is -3.12. The van der Waals surface area contributed by atoms with Gasteiger partial charge < -0.3 is 11.5 Å². The number of amides is 1. The molecule has 0 radical (unpaired) electrons. The number of primary amides is 1.